The SMILES string of the molecule is CN(CC1(O)CCN(c2ccc(F)cc2)CC1)[C@]1(C)CCS(=O)(=O)C1. The van der Waals surface area contributed by atoms with Crippen molar-refractivity contribution >= 4 is 15.5 Å². The second-order valence-electron chi connectivity index (χ2n) is 7.88. The van der Waals surface area contributed by atoms with Gasteiger partial charge in [0.15, 0.2) is 9.84 Å². The number of likely N-dealkylation sites (N-methyl/N-ethyl adjacent to an activating group) is 1. The zero-order valence-electron chi connectivity index (χ0n) is 14.9. The molecule has 140 valence electrons. The number of aliphatic hydroxyl groups is 1. The summed E-state index contributed by atoms with van der Waals surface area (Å²) >= 11 is 0. The van der Waals surface area contributed by atoms with Crippen molar-refractivity contribution in [3.63, 3.8) is 0 Å². The van der Waals surface area contributed by atoms with Crippen LogP contribution in [0.25, 0.3) is 0 Å². The second kappa shape index (κ2) is 6.52. The van der Waals surface area contributed by atoms with Gasteiger partial charge in [0, 0.05) is 30.9 Å². The minimum Gasteiger partial charge on any atom is -0.388 e. The van der Waals surface area contributed by atoms with Gasteiger partial charge in [-0.05, 0) is 57.5 Å². The molecule has 0 aliphatic carbocycles. The van der Waals surface area contributed by atoms with Gasteiger partial charge in [-0.1, -0.05) is 0 Å². The molecule has 1 N–H and O–H groups in total. The molecule has 5 nitrogen and oxygen atoms in total. The quantitative estimate of drug-likeness (QED) is 0.874. The average Bonchev–Trinajstić information content (AvgIpc) is 2.84. The summed E-state index contributed by atoms with van der Waals surface area (Å²) in [5.41, 5.74) is -0.255. The first-order valence-corrected chi connectivity index (χ1v) is 10.6. The molecule has 0 saturated carbocycles. The number of piperidine rings is 1. The van der Waals surface area contributed by atoms with Crippen LogP contribution in [-0.2, 0) is 9.84 Å². The molecule has 7 heteroatoms. The molecule has 0 unspecified atom stereocenters. The molecule has 0 radical (unpaired) electrons. The molecule has 0 spiro atoms. The van der Waals surface area contributed by atoms with E-state index in [9.17, 15) is 17.9 Å². The molecule has 1 aromatic rings. The van der Waals surface area contributed by atoms with Crippen LogP contribution < -0.4 is 4.90 Å². The van der Waals surface area contributed by atoms with E-state index in [-0.39, 0.29) is 17.3 Å². The number of benzene rings is 1. The lowest BCUT2D eigenvalue weighted by molar-refractivity contribution is -0.0312. The number of hydrogen-bond acceptors (Lipinski definition) is 5. The van der Waals surface area contributed by atoms with Crippen molar-refractivity contribution in [1.29, 1.82) is 0 Å². The van der Waals surface area contributed by atoms with Crippen LogP contribution in [0.3, 0.4) is 0 Å². The van der Waals surface area contributed by atoms with E-state index >= 15 is 0 Å². The molecular weight excluding hydrogens is 343 g/mol. The highest BCUT2D eigenvalue weighted by Crippen LogP contribution is 2.33. The number of rotatable bonds is 4. The third-order valence-corrected chi connectivity index (χ3v) is 7.71. The molecule has 2 saturated heterocycles. The van der Waals surface area contributed by atoms with Crippen LogP contribution in [0.15, 0.2) is 24.3 Å². The monoisotopic (exact) mass is 370 g/mol. The van der Waals surface area contributed by atoms with Crippen molar-refractivity contribution in [2.45, 2.75) is 37.3 Å². The van der Waals surface area contributed by atoms with Crippen LogP contribution in [0.4, 0.5) is 10.1 Å². The van der Waals surface area contributed by atoms with E-state index in [1.54, 1.807) is 12.1 Å². The summed E-state index contributed by atoms with van der Waals surface area (Å²) in [6, 6.07) is 6.42. The first-order chi connectivity index (χ1) is 11.6. The van der Waals surface area contributed by atoms with Crippen LogP contribution in [0.5, 0.6) is 0 Å². The van der Waals surface area contributed by atoms with Gasteiger partial charge in [0.25, 0.3) is 0 Å². The van der Waals surface area contributed by atoms with Crippen LogP contribution in [-0.4, -0.2) is 67.8 Å². The van der Waals surface area contributed by atoms with Crippen molar-refractivity contribution in [2.24, 2.45) is 0 Å². The fourth-order valence-corrected chi connectivity index (χ4v) is 6.13. The van der Waals surface area contributed by atoms with Crippen molar-refractivity contribution in [3.8, 4) is 0 Å². The minimum absolute atomic E-state index is 0.161. The minimum atomic E-state index is -2.97. The van der Waals surface area contributed by atoms with Gasteiger partial charge >= 0.3 is 0 Å². The van der Waals surface area contributed by atoms with E-state index < -0.39 is 21.0 Å². The van der Waals surface area contributed by atoms with Gasteiger partial charge in [-0.15, -0.1) is 0 Å². The summed E-state index contributed by atoms with van der Waals surface area (Å²) in [6.07, 6.45) is 1.83. The number of nitrogens with zero attached hydrogens (tertiary/aromatic N) is 2. The van der Waals surface area contributed by atoms with Crippen LogP contribution in [0.1, 0.15) is 26.2 Å². The zero-order chi connectivity index (χ0) is 18.3. The molecule has 25 heavy (non-hydrogen) atoms. The molecular formula is C18H27FN2O3S. The van der Waals surface area contributed by atoms with Gasteiger partial charge in [0.05, 0.1) is 17.1 Å². The average molecular weight is 370 g/mol. The maximum Gasteiger partial charge on any atom is 0.152 e. The normalized spacial score (nSPS) is 28.4. The Bertz CT molecular complexity index is 714. The molecule has 0 amide bonds. The van der Waals surface area contributed by atoms with Gasteiger partial charge in [0.2, 0.25) is 0 Å². The van der Waals surface area contributed by atoms with E-state index in [1.165, 1.54) is 12.1 Å². The third-order valence-electron chi connectivity index (χ3n) is 5.82. The largest absolute Gasteiger partial charge is 0.388 e. The van der Waals surface area contributed by atoms with E-state index in [4.69, 9.17) is 0 Å². The molecule has 0 bridgehead atoms. The first kappa shape index (κ1) is 18.6. The predicted molar refractivity (Wildman–Crippen MR) is 97.1 cm³/mol. The summed E-state index contributed by atoms with van der Waals surface area (Å²) in [5, 5.41) is 11.0. The zero-order valence-corrected chi connectivity index (χ0v) is 15.7. The molecule has 2 fully saturated rings. The topological polar surface area (TPSA) is 60.9 Å². The lowest BCUT2D eigenvalue weighted by atomic mass is 9.88. The molecule has 0 aromatic heterocycles. The lowest BCUT2D eigenvalue weighted by Gasteiger charge is -2.44. The van der Waals surface area contributed by atoms with Gasteiger partial charge in [-0.3, -0.25) is 4.90 Å². The smallest absolute Gasteiger partial charge is 0.152 e. The molecule has 2 aliphatic rings. The summed E-state index contributed by atoms with van der Waals surface area (Å²) < 4.78 is 36.7. The van der Waals surface area contributed by atoms with Crippen LogP contribution in [0, 0.1) is 5.82 Å². The van der Waals surface area contributed by atoms with Gasteiger partial charge in [0.1, 0.15) is 5.82 Å². The summed E-state index contributed by atoms with van der Waals surface area (Å²) in [6.45, 7) is 3.83. The predicted octanol–water partition coefficient (Wildman–Crippen LogP) is 1.67. The van der Waals surface area contributed by atoms with Crippen molar-refractivity contribution in [1.82, 2.24) is 4.90 Å². The van der Waals surface area contributed by atoms with E-state index in [0.717, 1.165) is 5.69 Å². The maximum atomic E-state index is 13.1. The molecule has 1 aromatic carbocycles. The molecule has 2 heterocycles. The Hall–Kier alpha value is -1.18. The van der Waals surface area contributed by atoms with E-state index in [0.29, 0.717) is 38.9 Å². The highest BCUT2D eigenvalue weighted by atomic mass is 32.2. The summed E-state index contributed by atoms with van der Waals surface area (Å²) in [7, 11) is -1.06. The maximum absolute atomic E-state index is 13.1. The van der Waals surface area contributed by atoms with E-state index in [1.807, 2.05) is 18.9 Å². The van der Waals surface area contributed by atoms with Crippen LogP contribution >= 0.6 is 0 Å². The fraction of sp³-hybridized carbons (Fsp3) is 0.667. The number of halogens is 1. The summed E-state index contributed by atoms with van der Waals surface area (Å²) in [4.78, 5) is 4.17. The summed E-state index contributed by atoms with van der Waals surface area (Å²) in [5.74, 6) is 0.137. The highest BCUT2D eigenvalue weighted by molar-refractivity contribution is 7.91. The van der Waals surface area contributed by atoms with Crippen LogP contribution in [0.2, 0.25) is 0 Å². The van der Waals surface area contributed by atoms with Crippen molar-refractivity contribution in [2.75, 3.05) is 43.1 Å². The standard InChI is InChI=1S/C18H27FN2O3S/c1-17(9-12-25(23,24)14-17)20(2)13-18(22)7-10-21(11-8-18)16-5-3-15(19)4-6-16/h3-6,22H,7-14H2,1-2H3/t17-/m1/s1. The Labute approximate surface area is 149 Å². The number of sulfone groups is 1. The second-order valence-corrected chi connectivity index (χ2v) is 10.1. The van der Waals surface area contributed by atoms with Crippen molar-refractivity contribution < 1.29 is 17.9 Å². The Morgan fingerprint density at radius 2 is 1.80 bits per heavy atom. The molecule has 3 rings (SSSR count). The van der Waals surface area contributed by atoms with E-state index in [2.05, 4.69) is 4.90 Å². The Kier molecular flexibility index (Phi) is 4.85. The van der Waals surface area contributed by atoms with Crippen molar-refractivity contribution in [3.05, 3.63) is 30.1 Å². The molecule has 1 atom stereocenters. The Balaban J connectivity index is 1.60. The highest BCUT2D eigenvalue weighted by Gasteiger charge is 2.44. The number of anilines is 1. The number of hydrogen-bond donors (Lipinski definition) is 1. The first-order valence-electron chi connectivity index (χ1n) is 8.76. The van der Waals surface area contributed by atoms with Gasteiger partial charge in [-0.25, -0.2) is 12.8 Å². The fourth-order valence-electron chi connectivity index (χ4n) is 3.92. The van der Waals surface area contributed by atoms with Gasteiger partial charge < -0.3 is 10.0 Å². The van der Waals surface area contributed by atoms with Gasteiger partial charge in [-0.2, -0.15) is 0 Å². The third kappa shape index (κ3) is 4.15. The number of β-amino-alcohol motifs (C(OH)–C–C–N with tert-alkyl or cyclic N) is 1. The molecule has 2 aliphatic heterocycles. The lowest BCUT2D eigenvalue weighted by Crippen LogP contribution is -2.55. The Morgan fingerprint density at radius 1 is 1.20 bits per heavy atom. The Morgan fingerprint density at radius 3 is 2.32 bits per heavy atom.